The first kappa shape index (κ1) is 30.8. The molecule has 0 aliphatic heterocycles. The van der Waals surface area contributed by atoms with Gasteiger partial charge in [0.05, 0.1) is 28.4 Å². The minimum absolute atomic E-state index is 0.0507. The molecule has 0 amide bonds. The smallest absolute Gasteiger partial charge is 0.400 e. The number of methoxy groups -OCH3 is 4. The highest BCUT2D eigenvalue weighted by molar-refractivity contribution is 7.57. The van der Waals surface area contributed by atoms with Crippen LogP contribution in [0.25, 0.3) is 0 Å². The van der Waals surface area contributed by atoms with Gasteiger partial charge in [-0.05, 0) is 48.2 Å². The average Bonchev–Trinajstić information content (AvgIpc) is 2.95. The van der Waals surface area contributed by atoms with E-state index in [0.29, 0.717) is 11.7 Å². The van der Waals surface area contributed by atoms with Crippen molar-refractivity contribution in [3.8, 4) is 23.0 Å². The second-order valence-corrected chi connectivity index (χ2v) is 12.6. The van der Waals surface area contributed by atoms with Crippen molar-refractivity contribution in [1.82, 2.24) is 0 Å². The predicted octanol–water partition coefficient (Wildman–Crippen LogP) is 6.75. The van der Waals surface area contributed by atoms with Gasteiger partial charge in [0.15, 0.2) is 5.30 Å². The maximum atomic E-state index is 15.1. The number of hydrogen-bond donors (Lipinski definition) is 0. The zero-order valence-electron chi connectivity index (χ0n) is 24.4. The molecule has 3 aromatic carbocycles. The van der Waals surface area contributed by atoms with Crippen molar-refractivity contribution in [2.24, 2.45) is 11.3 Å². The Morgan fingerprint density at radius 2 is 1.05 bits per heavy atom. The molecule has 0 aliphatic rings. The van der Waals surface area contributed by atoms with Gasteiger partial charge < -0.3 is 18.9 Å². The summed E-state index contributed by atoms with van der Waals surface area (Å²) in [6.07, 6.45) is 0.410. The van der Waals surface area contributed by atoms with Crippen LogP contribution >= 0.6 is 7.80 Å². The molecule has 8 heteroatoms. The molecule has 3 aromatic rings. The summed E-state index contributed by atoms with van der Waals surface area (Å²) in [5, 5.41) is -1.70. The lowest BCUT2D eigenvalue weighted by atomic mass is 9.73. The van der Waals surface area contributed by atoms with Crippen LogP contribution in [0, 0.1) is 11.3 Å². The first-order valence-corrected chi connectivity index (χ1v) is 14.3. The van der Waals surface area contributed by atoms with Crippen LogP contribution in [0.5, 0.6) is 23.0 Å². The van der Waals surface area contributed by atoms with E-state index in [1.807, 2.05) is 20.8 Å². The first-order chi connectivity index (χ1) is 19.0. The molecule has 0 aliphatic carbocycles. The molecule has 7 nitrogen and oxygen atoms in total. The highest BCUT2D eigenvalue weighted by atomic mass is 31.1. The lowest BCUT2D eigenvalue weighted by Gasteiger charge is -2.33. The predicted molar refractivity (Wildman–Crippen MR) is 157 cm³/mol. The van der Waals surface area contributed by atoms with E-state index in [-0.39, 0.29) is 39.5 Å². The molecule has 212 valence electrons. The molecule has 2 atom stereocenters. The van der Waals surface area contributed by atoms with E-state index in [4.69, 9.17) is 18.9 Å². The SMILES string of the molecule is COc1cccc(OC)c1C(=O)C(C(=O)c1c(OC)cccc1OC)(C(C)CC(C)(C)C)[P+](=O)c1ccccc1. The van der Waals surface area contributed by atoms with E-state index < -0.39 is 30.4 Å². The highest BCUT2D eigenvalue weighted by Gasteiger charge is 2.68. The number of benzene rings is 3. The standard InChI is InChI=1S/C32H38O7P/c1-21(20-31(2,3)4)32(40(35)22-14-10-9-11-15-22,29(33)27-23(36-5)16-12-17-24(27)37-6)30(34)28-25(38-7)18-13-19-26(28)39-8/h9-19,21H,20H2,1-8H3/q+1. The van der Waals surface area contributed by atoms with Crippen LogP contribution in [0.4, 0.5) is 0 Å². The molecule has 0 radical (unpaired) electrons. The van der Waals surface area contributed by atoms with Crippen molar-refractivity contribution in [2.75, 3.05) is 28.4 Å². The minimum Gasteiger partial charge on any atom is -0.496 e. The quantitative estimate of drug-likeness (QED) is 0.136. The maximum absolute atomic E-state index is 15.1. The van der Waals surface area contributed by atoms with Gasteiger partial charge in [-0.2, -0.15) is 0 Å². The van der Waals surface area contributed by atoms with Gasteiger partial charge in [0.2, 0.25) is 11.6 Å². The van der Waals surface area contributed by atoms with Crippen molar-refractivity contribution in [3.05, 3.63) is 77.9 Å². The van der Waals surface area contributed by atoms with E-state index in [2.05, 4.69) is 0 Å². The molecule has 0 spiro atoms. The van der Waals surface area contributed by atoms with E-state index in [0.717, 1.165) is 0 Å². The lowest BCUT2D eigenvalue weighted by Crippen LogP contribution is -2.51. The number of carbonyl (C=O) groups is 2. The van der Waals surface area contributed by atoms with Gasteiger partial charge in [0, 0.05) is 5.92 Å². The Balaban J connectivity index is 2.54. The van der Waals surface area contributed by atoms with Gasteiger partial charge in [0.25, 0.3) is 5.16 Å². The Hall–Kier alpha value is -3.70. The third kappa shape index (κ3) is 5.75. The summed E-state index contributed by atoms with van der Waals surface area (Å²) in [6.45, 7) is 7.87. The number of ketones is 2. The Labute approximate surface area is 237 Å². The summed E-state index contributed by atoms with van der Waals surface area (Å²) in [6, 6.07) is 18.5. The summed E-state index contributed by atoms with van der Waals surface area (Å²) in [5.41, 5.74) is -0.210. The van der Waals surface area contributed by atoms with Crippen LogP contribution in [0.3, 0.4) is 0 Å². The van der Waals surface area contributed by atoms with Gasteiger partial charge in [-0.1, -0.05) is 62.6 Å². The van der Waals surface area contributed by atoms with Gasteiger partial charge >= 0.3 is 7.80 Å². The van der Waals surface area contributed by atoms with Crippen LogP contribution in [0.2, 0.25) is 0 Å². The van der Waals surface area contributed by atoms with Crippen molar-refractivity contribution in [1.29, 1.82) is 0 Å². The summed E-state index contributed by atoms with van der Waals surface area (Å²) in [7, 11) is 3.07. The maximum Gasteiger partial charge on any atom is 0.400 e. The van der Waals surface area contributed by atoms with Crippen LogP contribution in [0.1, 0.15) is 54.8 Å². The number of Topliss-reactive ketones (excluding diaryl/α,β-unsaturated/α-hetero) is 2. The molecule has 0 fully saturated rings. The molecule has 0 saturated carbocycles. The van der Waals surface area contributed by atoms with Crippen molar-refractivity contribution in [3.63, 3.8) is 0 Å². The minimum atomic E-state index is -2.68. The molecule has 2 unspecified atom stereocenters. The Bertz CT molecular complexity index is 1260. The number of rotatable bonds is 12. The van der Waals surface area contributed by atoms with Crippen molar-refractivity contribution in [2.45, 2.75) is 39.3 Å². The summed E-state index contributed by atoms with van der Waals surface area (Å²) < 4.78 is 37.3. The van der Waals surface area contributed by atoms with E-state index >= 15 is 9.59 Å². The fraction of sp³-hybridized carbons (Fsp3) is 0.375. The molecule has 3 rings (SSSR count). The molecular weight excluding hydrogens is 527 g/mol. The summed E-state index contributed by atoms with van der Waals surface area (Å²) >= 11 is 0. The summed E-state index contributed by atoms with van der Waals surface area (Å²) in [4.78, 5) is 30.3. The zero-order valence-corrected chi connectivity index (χ0v) is 25.3. The summed E-state index contributed by atoms with van der Waals surface area (Å²) in [5.74, 6) is -1.13. The molecule has 0 aromatic heterocycles. The second kappa shape index (κ2) is 12.6. The Morgan fingerprint density at radius 1 is 0.675 bits per heavy atom. The molecular formula is C32H38O7P+. The molecule has 0 N–H and O–H groups in total. The molecule has 0 bridgehead atoms. The normalized spacial score (nSPS) is 12.8. The van der Waals surface area contributed by atoms with Gasteiger partial charge in [-0.3, -0.25) is 9.59 Å². The topological polar surface area (TPSA) is 88.1 Å². The van der Waals surface area contributed by atoms with Crippen LogP contribution in [0.15, 0.2) is 66.7 Å². The van der Waals surface area contributed by atoms with Crippen molar-refractivity contribution >= 4 is 24.7 Å². The average molecular weight is 566 g/mol. The van der Waals surface area contributed by atoms with Crippen LogP contribution in [-0.2, 0) is 4.57 Å². The fourth-order valence-electron chi connectivity index (χ4n) is 5.30. The fourth-order valence-corrected chi connectivity index (χ4v) is 7.23. The highest BCUT2D eigenvalue weighted by Crippen LogP contribution is 2.54. The third-order valence-electron chi connectivity index (χ3n) is 6.94. The number of carbonyl (C=O) groups excluding carboxylic acids is 2. The largest absolute Gasteiger partial charge is 0.496 e. The monoisotopic (exact) mass is 565 g/mol. The van der Waals surface area contributed by atoms with E-state index in [1.54, 1.807) is 73.7 Å². The Morgan fingerprint density at radius 3 is 1.38 bits per heavy atom. The third-order valence-corrected chi connectivity index (χ3v) is 9.20. The molecule has 0 saturated heterocycles. The lowest BCUT2D eigenvalue weighted by molar-refractivity contribution is 0.0762. The number of hydrogen-bond acceptors (Lipinski definition) is 7. The van der Waals surface area contributed by atoms with Gasteiger partial charge in [0.1, 0.15) is 34.1 Å². The Kier molecular flexibility index (Phi) is 9.75. The van der Waals surface area contributed by atoms with Gasteiger partial charge in [-0.25, -0.2) is 0 Å². The number of ether oxygens (including phenoxy) is 4. The van der Waals surface area contributed by atoms with E-state index in [9.17, 15) is 4.57 Å². The van der Waals surface area contributed by atoms with Crippen molar-refractivity contribution < 1.29 is 33.1 Å². The van der Waals surface area contributed by atoms with Gasteiger partial charge in [-0.15, -0.1) is 0 Å². The zero-order chi connectivity index (χ0) is 29.7. The van der Waals surface area contributed by atoms with Crippen LogP contribution in [-0.4, -0.2) is 45.2 Å². The first-order valence-electron chi connectivity index (χ1n) is 13.0. The molecule has 40 heavy (non-hydrogen) atoms. The molecule has 0 heterocycles. The van der Waals surface area contributed by atoms with Crippen LogP contribution < -0.4 is 24.3 Å². The second-order valence-electron chi connectivity index (χ2n) is 10.8. The van der Waals surface area contributed by atoms with E-state index in [1.165, 1.54) is 28.4 Å².